The van der Waals surface area contributed by atoms with Crippen molar-refractivity contribution in [1.82, 2.24) is 4.98 Å². The Morgan fingerprint density at radius 2 is 1.73 bits per heavy atom. The van der Waals surface area contributed by atoms with Gasteiger partial charge in [0.05, 0.1) is 26.8 Å². The van der Waals surface area contributed by atoms with Gasteiger partial charge in [0, 0.05) is 40.9 Å². The summed E-state index contributed by atoms with van der Waals surface area (Å²) in [6, 6.07) is 12.0. The molecule has 0 saturated carbocycles. The van der Waals surface area contributed by atoms with E-state index in [-0.39, 0.29) is 17.1 Å². The maximum Gasteiger partial charge on any atom is 0.203 e. The molecule has 6 heteroatoms. The van der Waals surface area contributed by atoms with E-state index < -0.39 is 0 Å². The topological polar surface area (TPSA) is 69.7 Å². The molecule has 3 aromatic rings. The van der Waals surface area contributed by atoms with Crippen LogP contribution in [-0.2, 0) is 4.79 Å². The molecule has 0 fully saturated rings. The van der Waals surface area contributed by atoms with Crippen molar-refractivity contribution in [2.24, 2.45) is 5.41 Å². The fourth-order valence-corrected chi connectivity index (χ4v) is 5.28. The van der Waals surface area contributed by atoms with Gasteiger partial charge >= 0.3 is 0 Å². The molecule has 5 rings (SSSR count). The molecule has 0 radical (unpaired) electrons. The molecule has 0 spiro atoms. The third-order valence-electron chi connectivity index (χ3n) is 6.63. The van der Waals surface area contributed by atoms with Crippen LogP contribution in [0.4, 0.5) is 5.69 Å². The number of methoxy groups -OCH3 is 3. The standard InChI is InChI=1S/C27H28N2O4/c1-27(2)13-19-25(20(30)14-27)23(15-11-21(31-3)26(33-5)22(12-15)32-4)24-16-7-6-10-28-17(16)8-9-18(24)29-19/h6-12,23,29H,13-14H2,1-5H3/t23-/m1/s1. The molecule has 1 aliphatic carbocycles. The van der Waals surface area contributed by atoms with Crippen molar-refractivity contribution in [3.05, 3.63) is 65.0 Å². The Morgan fingerprint density at radius 3 is 2.39 bits per heavy atom. The lowest BCUT2D eigenvalue weighted by Gasteiger charge is -2.40. The summed E-state index contributed by atoms with van der Waals surface area (Å²) < 4.78 is 16.8. The van der Waals surface area contributed by atoms with E-state index in [1.165, 1.54) is 0 Å². The van der Waals surface area contributed by atoms with E-state index in [1.54, 1.807) is 27.5 Å². The molecular formula is C27H28N2O4. The van der Waals surface area contributed by atoms with Crippen LogP contribution in [0.3, 0.4) is 0 Å². The summed E-state index contributed by atoms with van der Waals surface area (Å²) in [5.74, 6) is 1.55. The highest BCUT2D eigenvalue weighted by Gasteiger charge is 2.41. The molecule has 33 heavy (non-hydrogen) atoms. The zero-order valence-corrected chi connectivity index (χ0v) is 19.6. The summed E-state index contributed by atoms with van der Waals surface area (Å²) in [6.07, 6.45) is 3.10. The third kappa shape index (κ3) is 3.41. The molecule has 170 valence electrons. The molecule has 1 atom stereocenters. The van der Waals surface area contributed by atoms with Crippen molar-refractivity contribution in [1.29, 1.82) is 0 Å². The van der Waals surface area contributed by atoms with E-state index in [1.807, 2.05) is 24.3 Å². The summed E-state index contributed by atoms with van der Waals surface area (Å²) in [7, 11) is 4.80. The van der Waals surface area contributed by atoms with E-state index in [0.717, 1.165) is 45.4 Å². The van der Waals surface area contributed by atoms with Crippen LogP contribution in [0.25, 0.3) is 10.9 Å². The van der Waals surface area contributed by atoms with E-state index in [2.05, 4.69) is 36.3 Å². The lowest BCUT2D eigenvalue weighted by atomic mass is 9.68. The molecule has 1 aromatic heterocycles. The van der Waals surface area contributed by atoms with Crippen molar-refractivity contribution >= 4 is 22.4 Å². The molecular weight excluding hydrogens is 416 g/mol. The molecule has 0 amide bonds. The second-order valence-corrected chi connectivity index (χ2v) is 9.45. The number of rotatable bonds is 4. The molecule has 2 heterocycles. The normalized spacial score (nSPS) is 18.9. The molecule has 2 aliphatic rings. The fourth-order valence-electron chi connectivity index (χ4n) is 5.28. The van der Waals surface area contributed by atoms with Crippen LogP contribution in [0.2, 0.25) is 0 Å². The summed E-state index contributed by atoms with van der Waals surface area (Å²) in [6.45, 7) is 4.29. The van der Waals surface area contributed by atoms with Crippen LogP contribution in [0.15, 0.2) is 53.9 Å². The number of benzene rings is 2. The van der Waals surface area contributed by atoms with Crippen molar-refractivity contribution in [3.63, 3.8) is 0 Å². The maximum atomic E-state index is 13.6. The SMILES string of the molecule is COc1cc([C@H]2C3=C(CC(C)(C)CC3=O)Nc3ccc4ncccc4c32)cc(OC)c1OC. The van der Waals surface area contributed by atoms with Gasteiger partial charge in [0.25, 0.3) is 0 Å². The van der Waals surface area contributed by atoms with Crippen LogP contribution in [-0.4, -0.2) is 32.1 Å². The summed E-state index contributed by atoms with van der Waals surface area (Å²) in [4.78, 5) is 18.2. The van der Waals surface area contributed by atoms with Crippen molar-refractivity contribution in [2.75, 3.05) is 26.6 Å². The summed E-state index contributed by atoms with van der Waals surface area (Å²) in [5.41, 5.74) is 5.56. The molecule has 1 aliphatic heterocycles. The second kappa shape index (κ2) is 7.80. The van der Waals surface area contributed by atoms with Crippen LogP contribution < -0.4 is 19.5 Å². The minimum atomic E-state index is -0.276. The van der Waals surface area contributed by atoms with E-state index >= 15 is 0 Å². The van der Waals surface area contributed by atoms with Crippen LogP contribution in [0.5, 0.6) is 17.2 Å². The first-order valence-corrected chi connectivity index (χ1v) is 11.1. The van der Waals surface area contributed by atoms with Gasteiger partial charge in [0.2, 0.25) is 5.75 Å². The Kier molecular flexibility index (Phi) is 5.04. The number of Topliss-reactive ketones (excluding diaryl/α,β-unsaturated/α-hetero) is 1. The Labute approximate surface area is 193 Å². The highest BCUT2D eigenvalue weighted by atomic mass is 16.5. The van der Waals surface area contributed by atoms with Crippen molar-refractivity contribution < 1.29 is 19.0 Å². The van der Waals surface area contributed by atoms with E-state index in [9.17, 15) is 4.79 Å². The number of nitrogens with zero attached hydrogens (tertiary/aromatic N) is 1. The highest BCUT2D eigenvalue weighted by Crippen LogP contribution is 2.52. The Hall–Kier alpha value is -3.54. The lowest BCUT2D eigenvalue weighted by molar-refractivity contribution is -0.118. The van der Waals surface area contributed by atoms with Gasteiger partial charge in [-0.05, 0) is 53.3 Å². The quantitative estimate of drug-likeness (QED) is 0.576. The number of pyridine rings is 1. The predicted molar refractivity (Wildman–Crippen MR) is 128 cm³/mol. The number of aromatic nitrogens is 1. The largest absolute Gasteiger partial charge is 0.493 e. The van der Waals surface area contributed by atoms with Gasteiger partial charge in [-0.3, -0.25) is 9.78 Å². The molecule has 0 saturated heterocycles. The average molecular weight is 445 g/mol. The number of hydrogen-bond acceptors (Lipinski definition) is 6. The third-order valence-corrected chi connectivity index (χ3v) is 6.63. The van der Waals surface area contributed by atoms with E-state index in [4.69, 9.17) is 14.2 Å². The van der Waals surface area contributed by atoms with Crippen LogP contribution >= 0.6 is 0 Å². The minimum Gasteiger partial charge on any atom is -0.493 e. The number of ether oxygens (including phenoxy) is 3. The first-order valence-electron chi connectivity index (χ1n) is 11.1. The van der Waals surface area contributed by atoms with Crippen molar-refractivity contribution in [3.8, 4) is 17.2 Å². The fraction of sp³-hybridized carbons (Fsp3) is 0.333. The zero-order chi connectivity index (χ0) is 23.3. The van der Waals surface area contributed by atoms with Gasteiger partial charge in [-0.15, -0.1) is 0 Å². The van der Waals surface area contributed by atoms with Gasteiger partial charge in [-0.1, -0.05) is 19.9 Å². The monoisotopic (exact) mass is 444 g/mol. The first-order chi connectivity index (χ1) is 15.9. The number of fused-ring (bicyclic) bond motifs is 3. The number of ketones is 1. The van der Waals surface area contributed by atoms with Gasteiger partial charge in [0.15, 0.2) is 17.3 Å². The van der Waals surface area contributed by atoms with Gasteiger partial charge in [-0.25, -0.2) is 0 Å². The predicted octanol–water partition coefficient (Wildman–Crippen LogP) is 5.46. The number of nitrogens with one attached hydrogen (secondary N) is 1. The number of hydrogen-bond donors (Lipinski definition) is 1. The first kappa shape index (κ1) is 21.3. The van der Waals surface area contributed by atoms with Crippen molar-refractivity contribution in [2.45, 2.75) is 32.6 Å². The molecule has 2 aromatic carbocycles. The van der Waals surface area contributed by atoms with Crippen LogP contribution in [0.1, 0.15) is 43.7 Å². The second-order valence-electron chi connectivity index (χ2n) is 9.45. The van der Waals surface area contributed by atoms with E-state index in [0.29, 0.717) is 23.7 Å². The number of allylic oxidation sites excluding steroid dienone is 2. The molecule has 6 nitrogen and oxygen atoms in total. The average Bonchev–Trinajstić information content (AvgIpc) is 2.80. The molecule has 0 unspecified atom stereocenters. The molecule has 0 bridgehead atoms. The highest BCUT2D eigenvalue weighted by molar-refractivity contribution is 6.04. The number of carbonyl (C=O) groups is 1. The summed E-state index contributed by atoms with van der Waals surface area (Å²) in [5, 5.41) is 4.62. The Bertz CT molecular complexity index is 1280. The molecule has 1 N–H and O–H groups in total. The Morgan fingerprint density at radius 1 is 1.00 bits per heavy atom. The van der Waals surface area contributed by atoms with Crippen LogP contribution in [0, 0.1) is 5.41 Å². The van der Waals surface area contributed by atoms with Gasteiger partial charge < -0.3 is 19.5 Å². The van der Waals surface area contributed by atoms with Gasteiger partial charge in [0.1, 0.15) is 0 Å². The Balaban J connectivity index is 1.83. The smallest absolute Gasteiger partial charge is 0.203 e. The minimum absolute atomic E-state index is 0.0985. The lowest BCUT2D eigenvalue weighted by Crippen LogP contribution is -2.34. The zero-order valence-electron chi connectivity index (χ0n) is 19.6. The number of anilines is 1. The summed E-state index contributed by atoms with van der Waals surface area (Å²) >= 11 is 0. The van der Waals surface area contributed by atoms with Gasteiger partial charge in [-0.2, -0.15) is 0 Å². The number of carbonyl (C=O) groups excluding carboxylic acids is 1. The maximum absolute atomic E-state index is 13.6.